The molecule has 0 saturated carbocycles. The summed E-state index contributed by atoms with van der Waals surface area (Å²) in [7, 11) is 0. The van der Waals surface area contributed by atoms with Gasteiger partial charge in [0, 0.05) is 18.8 Å². The van der Waals surface area contributed by atoms with Gasteiger partial charge in [-0.2, -0.15) is 0 Å². The third kappa shape index (κ3) is 4.83. The molecule has 20 heavy (non-hydrogen) atoms. The maximum Gasteiger partial charge on any atom is 0.238 e. The van der Waals surface area contributed by atoms with E-state index in [2.05, 4.69) is 15.5 Å². The number of hydrogen-bond donors (Lipinski definition) is 2. The highest BCUT2D eigenvalue weighted by Crippen LogP contribution is 2.15. The Morgan fingerprint density at radius 3 is 2.85 bits per heavy atom. The Hall–Kier alpha value is -1.59. The van der Waals surface area contributed by atoms with Gasteiger partial charge in [0.15, 0.2) is 0 Å². The summed E-state index contributed by atoms with van der Waals surface area (Å²) in [5, 5.41) is 6.25. The zero-order valence-electron chi connectivity index (χ0n) is 12.0. The molecule has 1 aromatic carbocycles. The highest BCUT2D eigenvalue weighted by molar-refractivity contribution is 5.92. The van der Waals surface area contributed by atoms with E-state index in [1.54, 1.807) is 0 Å². The minimum Gasteiger partial charge on any atom is -0.494 e. The molecule has 1 amide bonds. The minimum atomic E-state index is 0.0380. The third-order valence-electron chi connectivity index (χ3n) is 3.25. The number of carbonyl (C=O) groups is 1. The van der Waals surface area contributed by atoms with Gasteiger partial charge in [0.05, 0.1) is 13.2 Å². The van der Waals surface area contributed by atoms with E-state index in [1.807, 2.05) is 31.2 Å². The van der Waals surface area contributed by atoms with Crippen molar-refractivity contribution >= 4 is 11.6 Å². The van der Waals surface area contributed by atoms with Gasteiger partial charge >= 0.3 is 0 Å². The van der Waals surface area contributed by atoms with Crippen LogP contribution in [0, 0.1) is 0 Å². The third-order valence-corrected chi connectivity index (χ3v) is 3.25. The number of ether oxygens (including phenoxy) is 1. The molecule has 1 heterocycles. The highest BCUT2D eigenvalue weighted by atomic mass is 16.5. The average Bonchev–Trinajstić information content (AvgIpc) is 2.70. The van der Waals surface area contributed by atoms with Crippen LogP contribution in [0.25, 0.3) is 0 Å². The number of carbonyl (C=O) groups excluding carboxylic acids is 1. The fourth-order valence-corrected chi connectivity index (χ4v) is 2.26. The van der Waals surface area contributed by atoms with Gasteiger partial charge in [-0.3, -0.25) is 9.69 Å². The summed E-state index contributed by atoms with van der Waals surface area (Å²) >= 11 is 0. The molecule has 1 aromatic rings. The summed E-state index contributed by atoms with van der Waals surface area (Å²) in [6.07, 6.45) is 1.09. The first-order valence-corrected chi connectivity index (χ1v) is 7.23. The van der Waals surface area contributed by atoms with Crippen molar-refractivity contribution in [1.82, 2.24) is 10.2 Å². The first kappa shape index (κ1) is 14.8. The van der Waals surface area contributed by atoms with Gasteiger partial charge < -0.3 is 15.4 Å². The van der Waals surface area contributed by atoms with Crippen molar-refractivity contribution in [2.45, 2.75) is 13.3 Å². The van der Waals surface area contributed by atoms with Crippen LogP contribution in [0.15, 0.2) is 24.3 Å². The van der Waals surface area contributed by atoms with Crippen molar-refractivity contribution < 1.29 is 9.53 Å². The van der Waals surface area contributed by atoms with Gasteiger partial charge in [-0.15, -0.1) is 0 Å². The van der Waals surface area contributed by atoms with E-state index in [1.165, 1.54) is 0 Å². The summed E-state index contributed by atoms with van der Waals surface area (Å²) in [6, 6.07) is 7.48. The lowest BCUT2D eigenvalue weighted by Gasteiger charge is -2.18. The first-order chi connectivity index (χ1) is 9.78. The number of anilines is 1. The molecule has 5 nitrogen and oxygen atoms in total. The monoisotopic (exact) mass is 277 g/mol. The van der Waals surface area contributed by atoms with Crippen LogP contribution in [0.3, 0.4) is 0 Å². The van der Waals surface area contributed by atoms with Crippen molar-refractivity contribution in [2.75, 3.05) is 44.6 Å². The van der Waals surface area contributed by atoms with E-state index in [-0.39, 0.29) is 5.91 Å². The summed E-state index contributed by atoms with van der Waals surface area (Å²) in [5.41, 5.74) is 0.811. The van der Waals surface area contributed by atoms with Gasteiger partial charge in [-0.05, 0) is 50.7 Å². The molecular formula is C15H23N3O2. The summed E-state index contributed by atoms with van der Waals surface area (Å²) < 4.78 is 5.37. The molecule has 2 rings (SSSR count). The maximum atomic E-state index is 12.0. The molecule has 0 aromatic heterocycles. The number of rotatable bonds is 5. The van der Waals surface area contributed by atoms with Crippen LogP contribution >= 0.6 is 0 Å². The predicted octanol–water partition coefficient (Wildman–Crippen LogP) is 1.32. The second-order valence-electron chi connectivity index (χ2n) is 4.89. The molecule has 0 spiro atoms. The van der Waals surface area contributed by atoms with Crippen LogP contribution in [0.4, 0.5) is 5.69 Å². The number of hydrogen-bond acceptors (Lipinski definition) is 4. The molecule has 1 aliphatic heterocycles. The lowest BCUT2D eigenvalue weighted by molar-refractivity contribution is -0.117. The van der Waals surface area contributed by atoms with Gasteiger partial charge in [0.25, 0.3) is 0 Å². The lowest BCUT2D eigenvalue weighted by Crippen LogP contribution is -2.35. The number of amides is 1. The second kappa shape index (κ2) is 7.87. The molecule has 0 radical (unpaired) electrons. The predicted molar refractivity (Wildman–Crippen MR) is 80.2 cm³/mol. The first-order valence-electron chi connectivity index (χ1n) is 7.23. The van der Waals surface area contributed by atoms with Crippen molar-refractivity contribution in [3.63, 3.8) is 0 Å². The molecule has 0 atom stereocenters. The van der Waals surface area contributed by atoms with Crippen LogP contribution in [0.1, 0.15) is 13.3 Å². The topological polar surface area (TPSA) is 53.6 Å². The van der Waals surface area contributed by atoms with Gasteiger partial charge in [0.1, 0.15) is 5.75 Å². The molecule has 1 fully saturated rings. The largest absolute Gasteiger partial charge is 0.494 e. The summed E-state index contributed by atoms with van der Waals surface area (Å²) in [6.45, 7) is 6.95. The van der Waals surface area contributed by atoms with E-state index in [9.17, 15) is 4.79 Å². The van der Waals surface area contributed by atoms with Crippen LogP contribution in [-0.2, 0) is 4.79 Å². The van der Waals surface area contributed by atoms with Gasteiger partial charge in [0.2, 0.25) is 5.91 Å². The Kier molecular flexibility index (Phi) is 5.83. The zero-order chi connectivity index (χ0) is 14.2. The van der Waals surface area contributed by atoms with E-state index in [4.69, 9.17) is 4.74 Å². The average molecular weight is 277 g/mol. The maximum absolute atomic E-state index is 12.0. The zero-order valence-corrected chi connectivity index (χ0v) is 12.0. The van der Waals surface area contributed by atoms with E-state index < -0.39 is 0 Å². The minimum absolute atomic E-state index is 0.0380. The standard InChI is InChI=1S/C15H23N3O2/c1-2-20-14-6-4-13(5-7-14)17-15(19)12-18-10-3-8-16-9-11-18/h4-7,16H,2-3,8-12H2,1H3,(H,17,19). The molecular weight excluding hydrogens is 254 g/mol. The van der Waals surface area contributed by atoms with E-state index in [0.717, 1.165) is 44.0 Å². The smallest absolute Gasteiger partial charge is 0.238 e. The number of nitrogens with zero attached hydrogens (tertiary/aromatic N) is 1. The van der Waals surface area contributed by atoms with Crippen molar-refractivity contribution in [3.8, 4) is 5.75 Å². The van der Waals surface area contributed by atoms with Crippen LogP contribution in [0.2, 0.25) is 0 Å². The Morgan fingerprint density at radius 2 is 2.10 bits per heavy atom. The SMILES string of the molecule is CCOc1ccc(NC(=O)CN2CCCNCC2)cc1. The van der Waals surface area contributed by atoms with Crippen molar-refractivity contribution in [2.24, 2.45) is 0 Å². The molecule has 0 bridgehead atoms. The highest BCUT2D eigenvalue weighted by Gasteiger charge is 2.12. The number of nitrogens with one attached hydrogen (secondary N) is 2. The van der Waals surface area contributed by atoms with Crippen molar-refractivity contribution in [1.29, 1.82) is 0 Å². The number of benzene rings is 1. The Bertz CT molecular complexity index is 412. The Labute approximate surface area is 120 Å². The fraction of sp³-hybridized carbons (Fsp3) is 0.533. The Balaban J connectivity index is 1.81. The molecule has 5 heteroatoms. The molecule has 110 valence electrons. The quantitative estimate of drug-likeness (QED) is 0.852. The van der Waals surface area contributed by atoms with Gasteiger partial charge in [-0.25, -0.2) is 0 Å². The molecule has 0 aliphatic carbocycles. The normalized spacial score (nSPS) is 16.4. The van der Waals surface area contributed by atoms with E-state index in [0.29, 0.717) is 13.2 Å². The van der Waals surface area contributed by atoms with Gasteiger partial charge in [-0.1, -0.05) is 0 Å². The van der Waals surface area contributed by atoms with Crippen LogP contribution < -0.4 is 15.4 Å². The molecule has 1 aliphatic rings. The molecule has 1 saturated heterocycles. The molecule has 2 N–H and O–H groups in total. The van der Waals surface area contributed by atoms with Crippen LogP contribution in [0.5, 0.6) is 5.75 Å². The molecule has 0 unspecified atom stereocenters. The van der Waals surface area contributed by atoms with E-state index >= 15 is 0 Å². The summed E-state index contributed by atoms with van der Waals surface area (Å²) in [4.78, 5) is 14.2. The Morgan fingerprint density at radius 1 is 1.30 bits per heavy atom. The van der Waals surface area contributed by atoms with Crippen molar-refractivity contribution in [3.05, 3.63) is 24.3 Å². The van der Waals surface area contributed by atoms with Crippen LogP contribution in [-0.4, -0.2) is 50.1 Å². The fourth-order valence-electron chi connectivity index (χ4n) is 2.26. The summed E-state index contributed by atoms with van der Waals surface area (Å²) in [5.74, 6) is 0.861. The lowest BCUT2D eigenvalue weighted by atomic mass is 10.3. The second-order valence-corrected chi connectivity index (χ2v) is 4.89.